The van der Waals surface area contributed by atoms with Crippen LogP contribution in [0.3, 0.4) is 0 Å². The highest BCUT2D eigenvalue weighted by atomic mass is 19.2. The van der Waals surface area contributed by atoms with Crippen molar-refractivity contribution in [1.82, 2.24) is 0 Å². The van der Waals surface area contributed by atoms with E-state index in [9.17, 15) is 36.9 Å². The van der Waals surface area contributed by atoms with E-state index in [1.54, 1.807) is 12.1 Å². The molecule has 0 radical (unpaired) electrons. The van der Waals surface area contributed by atoms with E-state index in [0.717, 1.165) is 36.4 Å². The zero-order valence-electron chi connectivity index (χ0n) is 23.0. The Morgan fingerprint density at radius 2 is 0.708 bits per heavy atom. The molecule has 6 rings (SSSR count). The van der Waals surface area contributed by atoms with Gasteiger partial charge in [-0.1, -0.05) is 36.4 Å². The topological polar surface area (TPSA) is 56.3 Å². The van der Waals surface area contributed by atoms with Gasteiger partial charge in [-0.05, 0) is 44.5 Å². The van der Waals surface area contributed by atoms with Crippen LogP contribution in [0.25, 0.3) is 54.2 Å². The Morgan fingerprint density at radius 3 is 0.979 bits per heavy atom. The van der Waals surface area contributed by atoms with Crippen LogP contribution >= 0.6 is 0 Å². The van der Waals surface area contributed by atoms with Crippen molar-refractivity contribution >= 4 is 22.3 Å². The Bertz CT molecular complexity index is 2240. The summed E-state index contributed by atoms with van der Waals surface area (Å²) in [6.07, 6.45) is 0. The summed E-state index contributed by atoms with van der Waals surface area (Å²) in [4.78, 5) is 6.29. The summed E-state index contributed by atoms with van der Waals surface area (Å²) >= 11 is 0. The second-order valence-electron chi connectivity index (χ2n) is 9.99. The van der Waals surface area contributed by atoms with Gasteiger partial charge >= 0.3 is 0 Å². The molecular weight excluding hydrogens is 654 g/mol. The molecule has 0 amide bonds. The van der Waals surface area contributed by atoms with Crippen molar-refractivity contribution in [3.05, 3.63) is 151 Å². The summed E-state index contributed by atoms with van der Waals surface area (Å²) in [6.45, 7) is 15.3. The van der Waals surface area contributed by atoms with Gasteiger partial charge in [0.15, 0.2) is 46.5 Å². The summed E-state index contributed by atoms with van der Waals surface area (Å²) in [6, 6.07) is 9.41. The first kappa shape index (κ1) is 31.3. The number of nitrogens with zero attached hydrogens (tertiary/aromatic N) is 4. The van der Waals surface area contributed by atoms with E-state index in [1.807, 2.05) is 0 Å². The number of nitriles is 2. The fraction of sp³-hybridized carbons (Fsp3) is 0. The minimum Gasteiger partial charge on any atom is -0.226 e. The van der Waals surface area contributed by atoms with Gasteiger partial charge in [0, 0.05) is 11.1 Å². The first-order valence-corrected chi connectivity index (χ1v) is 13.0. The van der Waals surface area contributed by atoms with Crippen molar-refractivity contribution in [3.63, 3.8) is 0 Å². The van der Waals surface area contributed by atoms with Gasteiger partial charge in [0.25, 0.3) is 11.4 Å². The molecule has 232 valence electrons. The maximum Gasteiger partial charge on any atom is 0.270 e. The summed E-state index contributed by atoms with van der Waals surface area (Å²) < 4.78 is 147. The minimum absolute atomic E-state index is 0.286. The first-order chi connectivity index (χ1) is 22.9. The van der Waals surface area contributed by atoms with Gasteiger partial charge in [-0.25, -0.2) is 64.1 Å². The molecular formula is C34H6F10N4. The minimum atomic E-state index is -2.48. The summed E-state index contributed by atoms with van der Waals surface area (Å²) in [5, 5.41) is 19.8. The normalized spacial score (nSPS) is 14.8. The second-order valence-corrected chi connectivity index (χ2v) is 9.99. The number of rotatable bonds is 2. The predicted octanol–water partition coefficient (Wildman–Crippen LogP) is 9.66. The molecule has 2 aliphatic carbocycles. The van der Waals surface area contributed by atoms with Crippen LogP contribution in [0.5, 0.6) is 0 Å². The molecule has 14 heteroatoms. The molecule has 0 aromatic heterocycles. The van der Waals surface area contributed by atoms with Gasteiger partial charge in [-0.3, -0.25) is 0 Å². The van der Waals surface area contributed by atoms with Gasteiger partial charge in [0.05, 0.1) is 36.4 Å². The van der Waals surface area contributed by atoms with E-state index in [0.29, 0.717) is 0 Å². The van der Waals surface area contributed by atoms with E-state index >= 15 is 17.6 Å². The quantitative estimate of drug-likeness (QED) is 0.0707. The van der Waals surface area contributed by atoms with Crippen LogP contribution in [-0.4, -0.2) is 0 Å². The zero-order valence-corrected chi connectivity index (χ0v) is 23.0. The second kappa shape index (κ2) is 11.0. The van der Waals surface area contributed by atoms with Crippen molar-refractivity contribution in [2.75, 3.05) is 0 Å². The molecule has 0 N–H and O–H groups in total. The molecule has 0 heterocycles. The summed E-state index contributed by atoms with van der Waals surface area (Å²) in [7, 11) is 0. The van der Waals surface area contributed by atoms with E-state index in [1.165, 1.54) is 0 Å². The Balaban J connectivity index is 1.90. The lowest BCUT2D eigenvalue weighted by Crippen LogP contribution is -2.06. The fourth-order valence-corrected chi connectivity index (χ4v) is 5.94. The average Bonchev–Trinajstić information content (AvgIpc) is 3.60. The molecule has 0 saturated heterocycles. The van der Waals surface area contributed by atoms with E-state index < -0.39 is 125 Å². The largest absolute Gasteiger partial charge is 0.270 e. The highest BCUT2D eigenvalue weighted by Crippen LogP contribution is 2.63. The first-order valence-electron chi connectivity index (χ1n) is 13.0. The predicted molar refractivity (Wildman–Crippen MR) is 148 cm³/mol. The Morgan fingerprint density at radius 1 is 0.438 bits per heavy atom. The molecule has 0 spiro atoms. The van der Waals surface area contributed by atoms with Crippen molar-refractivity contribution in [1.29, 1.82) is 10.5 Å². The molecule has 0 fully saturated rings. The van der Waals surface area contributed by atoms with Crippen LogP contribution in [0.4, 0.5) is 43.9 Å². The van der Waals surface area contributed by atoms with Gasteiger partial charge < -0.3 is 0 Å². The molecule has 0 unspecified atom stereocenters. The van der Waals surface area contributed by atoms with Crippen LogP contribution < -0.4 is 0 Å². The van der Waals surface area contributed by atoms with E-state index in [2.05, 4.69) is 9.69 Å². The fourth-order valence-electron chi connectivity index (χ4n) is 5.94. The third-order valence-corrected chi connectivity index (χ3v) is 7.78. The third kappa shape index (κ3) is 3.93. The number of hydrogen-bond donors (Lipinski definition) is 0. The number of hydrogen-bond acceptors (Lipinski definition) is 2. The van der Waals surface area contributed by atoms with Gasteiger partial charge in [-0.15, -0.1) is 0 Å². The van der Waals surface area contributed by atoms with Crippen LogP contribution in [0.2, 0.25) is 0 Å². The van der Waals surface area contributed by atoms with Crippen molar-refractivity contribution in [3.8, 4) is 34.4 Å². The zero-order chi connectivity index (χ0) is 34.9. The molecule has 4 aromatic rings. The average molecular weight is 660 g/mol. The maximum absolute atomic E-state index is 15.3. The number of benzene rings is 4. The molecule has 0 bridgehead atoms. The van der Waals surface area contributed by atoms with Crippen molar-refractivity contribution in [2.45, 2.75) is 0 Å². The molecule has 48 heavy (non-hydrogen) atoms. The SMILES string of the molecule is [C-]#[N+]/C(C#N)=C1C2=C(/C(=C(\C#N)[N+]#[C-])c3cccc(-c4c(F)c(F)c(F)c(F)c4F)c32)c2c\1cccc2-c1c(F)c(F)c(F)c(F)c1F. The lowest BCUT2D eigenvalue weighted by molar-refractivity contribution is 0.381. The van der Waals surface area contributed by atoms with Crippen molar-refractivity contribution in [2.24, 2.45) is 0 Å². The number of halogens is 10. The number of allylic oxidation sites excluding steroid dienone is 6. The monoisotopic (exact) mass is 660 g/mol. The molecule has 4 nitrogen and oxygen atoms in total. The molecule has 4 aromatic carbocycles. The van der Waals surface area contributed by atoms with Gasteiger partial charge in [0.2, 0.25) is 11.6 Å². The summed E-state index contributed by atoms with van der Waals surface area (Å²) in [5.74, 6) is -23.5. The van der Waals surface area contributed by atoms with Crippen molar-refractivity contribution < 1.29 is 43.9 Å². The smallest absolute Gasteiger partial charge is 0.226 e. The van der Waals surface area contributed by atoms with Crippen LogP contribution in [0.15, 0.2) is 47.8 Å². The molecule has 0 aliphatic heterocycles. The highest BCUT2D eigenvalue weighted by Gasteiger charge is 2.44. The lowest BCUT2D eigenvalue weighted by atomic mass is 9.85. The molecule has 2 aliphatic rings. The van der Waals surface area contributed by atoms with E-state index in [-0.39, 0.29) is 11.1 Å². The standard InChI is InChI=1S/C34H6F10N4/c1-47-15(9-45)19-11-5-3-7-13(21-25(35)29(39)33(43)30(40)26(21)36)17(11)24-20(16(10-46)48-2)12-6-4-8-14(18(12)23(19)24)22-27(37)31(41)34(44)32(42)28(22)38/h3-8H/b19-15-,20-16+. The lowest BCUT2D eigenvalue weighted by Gasteiger charge is -2.19. The highest BCUT2D eigenvalue weighted by molar-refractivity contribution is 6.39. The Kier molecular flexibility index (Phi) is 7.19. The van der Waals surface area contributed by atoms with Crippen LogP contribution in [0, 0.1) is 94.0 Å². The van der Waals surface area contributed by atoms with Gasteiger partial charge in [-0.2, -0.15) is 0 Å². The van der Waals surface area contributed by atoms with Crippen LogP contribution in [-0.2, 0) is 0 Å². The molecule has 0 atom stereocenters. The third-order valence-electron chi connectivity index (χ3n) is 7.78. The molecule has 0 saturated carbocycles. The number of fused-ring (bicyclic) bond motifs is 4. The maximum atomic E-state index is 15.3. The Hall–Kier alpha value is -6.64. The Labute approximate surface area is 262 Å². The van der Waals surface area contributed by atoms with E-state index in [4.69, 9.17) is 13.1 Å². The van der Waals surface area contributed by atoms with Crippen LogP contribution in [0.1, 0.15) is 22.3 Å². The summed E-state index contributed by atoms with van der Waals surface area (Å²) in [5.41, 5.74) is -9.26. The van der Waals surface area contributed by atoms with Gasteiger partial charge in [0.1, 0.15) is 0 Å².